The second kappa shape index (κ2) is 8.76. The van der Waals surface area contributed by atoms with Gasteiger partial charge in [0.25, 0.3) is 0 Å². The molecule has 0 spiro atoms. The van der Waals surface area contributed by atoms with Gasteiger partial charge >= 0.3 is 0 Å². The lowest BCUT2D eigenvalue weighted by Gasteiger charge is -2.35. The Morgan fingerprint density at radius 2 is 2.15 bits per heavy atom. The molecular weight excluding hydrogens is 360 g/mol. The molecule has 146 valence electrons. The Kier molecular flexibility index (Phi) is 6.39. The molecule has 0 saturated carbocycles. The van der Waals surface area contributed by atoms with Crippen molar-refractivity contribution in [3.8, 4) is 11.5 Å². The summed E-state index contributed by atoms with van der Waals surface area (Å²) >= 11 is 1.83. The van der Waals surface area contributed by atoms with Crippen LogP contribution in [0.2, 0.25) is 0 Å². The van der Waals surface area contributed by atoms with Crippen molar-refractivity contribution < 1.29 is 14.3 Å². The van der Waals surface area contributed by atoms with Crippen molar-refractivity contribution in [2.75, 3.05) is 27.3 Å². The van der Waals surface area contributed by atoms with E-state index in [1.807, 2.05) is 36.5 Å². The monoisotopic (exact) mass is 388 g/mol. The summed E-state index contributed by atoms with van der Waals surface area (Å²) in [6.45, 7) is 5.49. The summed E-state index contributed by atoms with van der Waals surface area (Å²) < 4.78 is 10.8. The number of rotatable bonds is 7. The van der Waals surface area contributed by atoms with Gasteiger partial charge in [-0.15, -0.1) is 11.3 Å². The fraction of sp³-hybridized carbons (Fsp3) is 0.476. The highest BCUT2D eigenvalue weighted by molar-refractivity contribution is 7.10. The average molecular weight is 389 g/mol. The van der Waals surface area contributed by atoms with Crippen LogP contribution in [0.4, 0.5) is 0 Å². The number of carbonyl (C=O) groups excluding carboxylic acids is 1. The number of hydrogen-bond acceptors (Lipinski definition) is 5. The van der Waals surface area contributed by atoms with Gasteiger partial charge in [-0.3, -0.25) is 9.69 Å². The number of methoxy groups -OCH3 is 2. The number of fused-ring (bicyclic) bond motifs is 1. The lowest BCUT2D eigenvalue weighted by Crippen LogP contribution is -2.42. The number of nitrogens with zero attached hydrogens (tertiary/aromatic N) is 1. The number of carbonyl (C=O) groups is 1. The molecule has 1 aromatic heterocycles. The van der Waals surface area contributed by atoms with Crippen LogP contribution in [0, 0.1) is 0 Å². The quantitative estimate of drug-likeness (QED) is 0.780. The molecule has 6 heteroatoms. The molecule has 2 aromatic rings. The number of nitrogens with one attached hydrogen (secondary N) is 1. The van der Waals surface area contributed by atoms with E-state index in [4.69, 9.17) is 9.47 Å². The number of hydrogen-bond donors (Lipinski definition) is 1. The molecule has 1 N–H and O–H groups in total. The molecule has 0 unspecified atom stereocenters. The number of ether oxygens (including phenoxy) is 2. The molecule has 1 aliphatic rings. The Hall–Kier alpha value is -2.05. The van der Waals surface area contributed by atoms with Gasteiger partial charge in [0.15, 0.2) is 0 Å². The molecule has 1 aromatic carbocycles. The van der Waals surface area contributed by atoms with E-state index in [0.29, 0.717) is 12.6 Å². The first kappa shape index (κ1) is 19.7. The van der Waals surface area contributed by atoms with Gasteiger partial charge in [-0.25, -0.2) is 0 Å². The molecule has 5 nitrogen and oxygen atoms in total. The summed E-state index contributed by atoms with van der Waals surface area (Å²) in [6, 6.07) is 8.01. The largest absolute Gasteiger partial charge is 0.497 e. The van der Waals surface area contributed by atoms with Gasteiger partial charge < -0.3 is 14.8 Å². The van der Waals surface area contributed by atoms with Crippen molar-refractivity contribution >= 4 is 17.2 Å². The van der Waals surface area contributed by atoms with Crippen LogP contribution in [0.5, 0.6) is 11.5 Å². The molecule has 0 radical (unpaired) electrons. The first-order valence-electron chi connectivity index (χ1n) is 9.39. The van der Waals surface area contributed by atoms with Crippen molar-refractivity contribution in [3.63, 3.8) is 0 Å². The van der Waals surface area contributed by atoms with E-state index >= 15 is 0 Å². The van der Waals surface area contributed by atoms with E-state index in [-0.39, 0.29) is 11.9 Å². The van der Waals surface area contributed by atoms with Crippen LogP contribution in [0.25, 0.3) is 0 Å². The summed E-state index contributed by atoms with van der Waals surface area (Å²) in [5.74, 6) is 1.53. The SMILES string of the molecule is CC[C@@H]1c2ccsc2CCN1CC(=O)N[C@@H](C)c1cc(OC)ccc1OC. The van der Waals surface area contributed by atoms with Crippen LogP contribution in [-0.4, -0.2) is 38.1 Å². The first-order chi connectivity index (χ1) is 13.1. The maximum Gasteiger partial charge on any atom is 0.234 e. The van der Waals surface area contributed by atoms with E-state index < -0.39 is 0 Å². The molecule has 3 rings (SSSR count). The zero-order chi connectivity index (χ0) is 19.4. The summed E-state index contributed by atoms with van der Waals surface area (Å²) in [6.07, 6.45) is 2.03. The molecule has 2 atom stereocenters. The van der Waals surface area contributed by atoms with Gasteiger partial charge in [-0.05, 0) is 55.0 Å². The van der Waals surface area contributed by atoms with E-state index in [1.165, 1.54) is 10.4 Å². The molecule has 0 bridgehead atoms. The second-order valence-electron chi connectivity index (χ2n) is 6.84. The molecule has 1 aliphatic heterocycles. The minimum absolute atomic E-state index is 0.0319. The topological polar surface area (TPSA) is 50.8 Å². The summed E-state index contributed by atoms with van der Waals surface area (Å²) in [5.41, 5.74) is 2.31. The summed E-state index contributed by atoms with van der Waals surface area (Å²) in [5, 5.41) is 5.28. The molecule has 1 amide bonds. The van der Waals surface area contributed by atoms with Crippen molar-refractivity contribution in [3.05, 3.63) is 45.6 Å². The van der Waals surface area contributed by atoms with Gasteiger partial charge in [0.2, 0.25) is 5.91 Å². The zero-order valence-electron chi connectivity index (χ0n) is 16.5. The molecular formula is C21H28N2O3S. The van der Waals surface area contributed by atoms with E-state index in [2.05, 4.69) is 28.6 Å². The minimum atomic E-state index is -0.163. The molecule has 0 aliphatic carbocycles. The number of amides is 1. The summed E-state index contributed by atoms with van der Waals surface area (Å²) in [7, 11) is 3.27. The van der Waals surface area contributed by atoms with E-state index in [0.717, 1.165) is 36.4 Å². The van der Waals surface area contributed by atoms with E-state index in [9.17, 15) is 4.79 Å². The minimum Gasteiger partial charge on any atom is -0.497 e. The van der Waals surface area contributed by atoms with Crippen molar-refractivity contribution in [1.29, 1.82) is 0 Å². The first-order valence-corrected chi connectivity index (χ1v) is 10.3. The normalized spacial score (nSPS) is 17.9. The predicted octanol–water partition coefficient (Wildman–Crippen LogP) is 3.95. The fourth-order valence-electron chi connectivity index (χ4n) is 3.84. The smallest absolute Gasteiger partial charge is 0.234 e. The highest BCUT2D eigenvalue weighted by Crippen LogP contribution is 2.35. The standard InChI is InChI=1S/C21H28N2O3S/c1-5-18-16-9-11-27-20(16)8-10-23(18)13-21(24)22-14(2)17-12-15(25-3)6-7-19(17)26-4/h6-7,9,11-12,14,18H,5,8,10,13H2,1-4H3,(H,22,24)/t14-,18+/m0/s1. The van der Waals surface area contributed by atoms with Crippen LogP contribution in [-0.2, 0) is 11.2 Å². The Morgan fingerprint density at radius 1 is 1.33 bits per heavy atom. The van der Waals surface area contributed by atoms with Crippen LogP contribution in [0.3, 0.4) is 0 Å². The third-order valence-electron chi connectivity index (χ3n) is 5.22. The third kappa shape index (κ3) is 4.28. The number of thiophene rings is 1. The maximum atomic E-state index is 12.7. The highest BCUT2D eigenvalue weighted by atomic mass is 32.1. The maximum absolute atomic E-state index is 12.7. The zero-order valence-corrected chi connectivity index (χ0v) is 17.3. The van der Waals surface area contributed by atoms with Crippen LogP contribution in [0.1, 0.15) is 48.4 Å². The average Bonchev–Trinajstić information content (AvgIpc) is 3.15. The summed E-state index contributed by atoms with van der Waals surface area (Å²) in [4.78, 5) is 16.5. The van der Waals surface area contributed by atoms with Crippen molar-refractivity contribution in [2.24, 2.45) is 0 Å². The van der Waals surface area contributed by atoms with Gasteiger partial charge in [0.05, 0.1) is 26.8 Å². The molecule has 27 heavy (non-hydrogen) atoms. The second-order valence-corrected chi connectivity index (χ2v) is 7.84. The number of benzene rings is 1. The lowest BCUT2D eigenvalue weighted by molar-refractivity contribution is -0.123. The predicted molar refractivity (Wildman–Crippen MR) is 109 cm³/mol. The van der Waals surface area contributed by atoms with Crippen LogP contribution < -0.4 is 14.8 Å². The van der Waals surface area contributed by atoms with Crippen LogP contribution in [0.15, 0.2) is 29.6 Å². The van der Waals surface area contributed by atoms with Crippen LogP contribution >= 0.6 is 11.3 Å². The van der Waals surface area contributed by atoms with Gasteiger partial charge in [-0.1, -0.05) is 6.92 Å². The molecule has 0 saturated heterocycles. The van der Waals surface area contributed by atoms with Crippen molar-refractivity contribution in [1.82, 2.24) is 10.2 Å². The Bertz CT molecular complexity index is 789. The highest BCUT2D eigenvalue weighted by Gasteiger charge is 2.28. The Balaban J connectivity index is 1.67. The van der Waals surface area contributed by atoms with E-state index in [1.54, 1.807) is 14.2 Å². The van der Waals surface area contributed by atoms with Gasteiger partial charge in [0.1, 0.15) is 11.5 Å². The Labute approximate surface area is 165 Å². The molecule has 0 fully saturated rings. The Morgan fingerprint density at radius 3 is 2.85 bits per heavy atom. The van der Waals surface area contributed by atoms with Gasteiger partial charge in [0, 0.05) is 23.0 Å². The van der Waals surface area contributed by atoms with Crippen molar-refractivity contribution in [2.45, 2.75) is 38.8 Å². The lowest BCUT2D eigenvalue weighted by atomic mass is 9.98. The third-order valence-corrected chi connectivity index (χ3v) is 6.22. The fourth-order valence-corrected chi connectivity index (χ4v) is 4.77. The van der Waals surface area contributed by atoms with Gasteiger partial charge in [-0.2, -0.15) is 0 Å². The molecule has 2 heterocycles.